The summed E-state index contributed by atoms with van der Waals surface area (Å²) in [6.45, 7) is 4.60. The third-order valence-electron chi connectivity index (χ3n) is 6.99. The van der Waals surface area contributed by atoms with Gasteiger partial charge in [0.15, 0.2) is 22.2 Å². The zero-order chi connectivity index (χ0) is 31.0. The van der Waals surface area contributed by atoms with Gasteiger partial charge in [-0.1, -0.05) is 30.3 Å². The molecule has 0 spiro atoms. The molecule has 1 N–H and O–H groups in total. The first-order chi connectivity index (χ1) is 20.7. The van der Waals surface area contributed by atoms with Crippen molar-refractivity contribution in [2.45, 2.75) is 49.5 Å². The number of imidazole rings is 1. The highest BCUT2D eigenvalue weighted by atomic mass is 32.2. The summed E-state index contributed by atoms with van der Waals surface area (Å²) >= 11 is 0. The van der Waals surface area contributed by atoms with Gasteiger partial charge in [0.05, 0.1) is 28.2 Å². The van der Waals surface area contributed by atoms with Crippen LogP contribution < -0.4 is 4.74 Å². The number of nitriles is 1. The van der Waals surface area contributed by atoms with Gasteiger partial charge in [0.2, 0.25) is 5.88 Å². The zero-order valence-corrected chi connectivity index (χ0v) is 25.4. The van der Waals surface area contributed by atoms with Gasteiger partial charge in [-0.15, -0.1) is 6.58 Å². The summed E-state index contributed by atoms with van der Waals surface area (Å²) in [6.07, 6.45) is 3.60. The number of rotatable bonds is 15. The van der Waals surface area contributed by atoms with E-state index < -0.39 is 22.2 Å². The summed E-state index contributed by atoms with van der Waals surface area (Å²) in [5.74, 6) is 0.943. The molecule has 2 unspecified atom stereocenters. The molecule has 0 radical (unpaired) electrons. The molecule has 226 valence electrons. The predicted octanol–water partition coefficient (Wildman–Crippen LogP) is 5.00. The van der Waals surface area contributed by atoms with E-state index in [2.05, 4.69) is 17.6 Å². The average molecular weight is 605 g/mol. The van der Waals surface area contributed by atoms with Gasteiger partial charge in [0.25, 0.3) is 0 Å². The summed E-state index contributed by atoms with van der Waals surface area (Å²) in [4.78, 5) is 9.51. The van der Waals surface area contributed by atoms with E-state index >= 15 is 0 Å². The first-order valence-corrected chi connectivity index (χ1v) is 15.7. The molecule has 0 aliphatic carbocycles. The Morgan fingerprint density at radius 3 is 2.65 bits per heavy atom. The number of sulfone groups is 1. The largest absolute Gasteiger partial charge is 0.459 e. The third-order valence-corrected chi connectivity index (χ3v) is 8.17. The van der Waals surface area contributed by atoms with Crippen molar-refractivity contribution in [2.24, 2.45) is 0 Å². The van der Waals surface area contributed by atoms with Crippen molar-refractivity contribution in [3.8, 4) is 23.2 Å². The fourth-order valence-electron chi connectivity index (χ4n) is 4.81. The number of ether oxygens (including phenoxy) is 3. The van der Waals surface area contributed by atoms with E-state index in [1.54, 1.807) is 55.7 Å². The molecule has 2 aromatic heterocycles. The summed E-state index contributed by atoms with van der Waals surface area (Å²) in [5.41, 5.74) is 3.76. The summed E-state index contributed by atoms with van der Waals surface area (Å²) in [6, 6.07) is 17.9. The SMILES string of the molecule is C=CCCCC(C#N)Oc1cccc(-c2ccc(Cc3nc4ccc(C(O)OC)cc4n3CCOC)c(S(C)(=O)=O)c2)n1. The van der Waals surface area contributed by atoms with E-state index in [4.69, 9.17) is 19.2 Å². The molecular formula is C32H36N4O6S. The number of aliphatic hydroxyl groups is 1. The molecule has 0 aliphatic heterocycles. The highest BCUT2D eigenvalue weighted by Gasteiger charge is 2.20. The van der Waals surface area contributed by atoms with Crippen LogP contribution in [0.1, 0.15) is 42.5 Å². The Morgan fingerprint density at radius 2 is 1.95 bits per heavy atom. The maximum absolute atomic E-state index is 13.0. The number of benzene rings is 2. The molecule has 0 saturated heterocycles. The van der Waals surface area contributed by atoms with E-state index in [0.717, 1.165) is 18.4 Å². The summed E-state index contributed by atoms with van der Waals surface area (Å²) in [5, 5.41) is 19.7. The molecule has 0 saturated carbocycles. The van der Waals surface area contributed by atoms with Crippen LogP contribution in [0, 0.1) is 11.3 Å². The van der Waals surface area contributed by atoms with Crippen molar-refractivity contribution >= 4 is 20.9 Å². The Morgan fingerprint density at radius 1 is 1.14 bits per heavy atom. The number of pyridine rings is 1. The number of fused-ring (bicyclic) bond motifs is 1. The van der Waals surface area contributed by atoms with E-state index in [1.807, 2.05) is 16.7 Å². The fraction of sp³-hybridized carbons (Fsp3) is 0.344. The molecule has 0 aliphatic rings. The van der Waals surface area contributed by atoms with Gasteiger partial charge in [-0.2, -0.15) is 5.26 Å². The fourth-order valence-corrected chi connectivity index (χ4v) is 5.76. The first kappa shape index (κ1) is 31.8. The molecule has 0 bridgehead atoms. The molecule has 4 aromatic rings. The Labute approximate surface area is 252 Å². The number of nitrogens with zero attached hydrogens (tertiary/aromatic N) is 4. The van der Waals surface area contributed by atoms with Crippen LogP contribution in [0.3, 0.4) is 0 Å². The van der Waals surface area contributed by atoms with Crippen LogP contribution in [0.4, 0.5) is 0 Å². The lowest BCUT2D eigenvalue weighted by Gasteiger charge is -2.14. The highest BCUT2D eigenvalue weighted by Crippen LogP contribution is 2.29. The molecule has 10 nitrogen and oxygen atoms in total. The molecule has 2 atom stereocenters. The van der Waals surface area contributed by atoms with Crippen LogP contribution in [0.15, 0.2) is 72.1 Å². The van der Waals surface area contributed by atoms with Crippen molar-refractivity contribution < 1.29 is 27.7 Å². The first-order valence-electron chi connectivity index (χ1n) is 13.8. The van der Waals surface area contributed by atoms with Crippen LogP contribution >= 0.6 is 0 Å². The van der Waals surface area contributed by atoms with Gasteiger partial charge in [0.1, 0.15) is 11.9 Å². The predicted molar refractivity (Wildman–Crippen MR) is 163 cm³/mol. The van der Waals surface area contributed by atoms with Gasteiger partial charge in [-0.05, 0) is 49.1 Å². The molecule has 4 rings (SSSR count). The van der Waals surface area contributed by atoms with Crippen LogP contribution in [-0.2, 0) is 32.3 Å². The summed E-state index contributed by atoms with van der Waals surface area (Å²) in [7, 11) is -0.602. The van der Waals surface area contributed by atoms with Gasteiger partial charge >= 0.3 is 0 Å². The number of hydrogen-bond donors (Lipinski definition) is 1. The molecule has 11 heteroatoms. The molecule has 2 heterocycles. The van der Waals surface area contributed by atoms with Crippen molar-refractivity contribution in [3.05, 3.63) is 84.2 Å². The van der Waals surface area contributed by atoms with E-state index in [1.165, 1.54) is 13.4 Å². The number of allylic oxidation sites excluding steroid dienone is 1. The number of aliphatic hydroxyl groups excluding tert-OH is 1. The van der Waals surface area contributed by atoms with Crippen molar-refractivity contribution in [1.29, 1.82) is 5.26 Å². The Balaban J connectivity index is 1.69. The van der Waals surface area contributed by atoms with Crippen molar-refractivity contribution in [2.75, 3.05) is 27.1 Å². The average Bonchev–Trinajstić information content (AvgIpc) is 3.34. The van der Waals surface area contributed by atoms with E-state index in [9.17, 15) is 18.8 Å². The van der Waals surface area contributed by atoms with Gasteiger partial charge < -0.3 is 23.9 Å². The Bertz CT molecular complexity index is 1730. The highest BCUT2D eigenvalue weighted by molar-refractivity contribution is 7.90. The topological polar surface area (TPSA) is 137 Å². The van der Waals surface area contributed by atoms with Crippen LogP contribution in [0.2, 0.25) is 0 Å². The minimum absolute atomic E-state index is 0.165. The van der Waals surface area contributed by atoms with E-state index in [-0.39, 0.29) is 17.2 Å². The van der Waals surface area contributed by atoms with Crippen LogP contribution in [-0.4, -0.2) is 61.2 Å². The van der Waals surface area contributed by atoms with Crippen molar-refractivity contribution in [1.82, 2.24) is 14.5 Å². The minimum atomic E-state index is -3.63. The Kier molecular flexibility index (Phi) is 10.7. The maximum atomic E-state index is 13.0. The van der Waals surface area contributed by atoms with Gasteiger partial charge in [0, 0.05) is 50.6 Å². The maximum Gasteiger partial charge on any atom is 0.215 e. The number of methoxy groups -OCH3 is 2. The second-order valence-corrected chi connectivity index (χ2v) is 12.1. The van der Waals surface area contributed by atoms with Gasteiger partial charge in [-0.3, -0.25) is 0 Å². The summed E-state index contributed by atoms with van der Waals surface area (Å²) < 4.78 is 44.2. The minimum Gasteiger partial charge on any atom is -0.459 e. The number of unbranched alkanes of at least 4 members (excludes halogenated alkanes) is 1. The number of hydrogen-bond acceptors (Lipinski definition) is 9. The standard InChI is InChI=1S/C32H36N4O6S/c1-5-6-7-9-25(21-33)42-31-11-8-10-26(35-31)22-12-13-23(29(19-22)43(4,38)39)20-30-34-27-15-14-24(32(37)41-3)18-28(27)36(30)16-17-40-2/h5,8,10-15,18-19,25,32,37H,1,6-7,9,16-17,20H2,2-4H3. The van der Waals surface area contributed by atoms with Crippen molar-refractivity contribution in [3.63, 3.8) is 0 Å². The normalized spacial score (nSPS) is 13.0. The van der Waals surface area contributed by atoms with Crippen LogP contribution in [0.5, 0.6) is 5.88 Å². The van der Waals surface area contributed by atoms with Gasteiger partial charge in [-0.25, -0.2) is 18.4 Å². The molecule has 43 heavy (non-hydrogen) atoms. The quantitative estimate of drug-likeness (QED) is 0.113. The lowest BCUT2D eigenvalue weighted by atomic mass is 10.1. The smallest absolute Gasteiger partial charge is 0.215 e. The second kappa shape index (κ2) is 14.4. The number of aromatic nitrogens is 3. The monoisotopic (exact) mass is 604 g/mol. The molecule has 2 aromatic carbocycles. The molecule has 0 fully saturated rings. The third kappa shape index (κ3) is 7.86. The lowest BCUT2D eigenvalue weighted by molar-refractivity contribution is -0.0768. The molecule has 0 amide bonds. The Hall–Kier alpha value is -4.08. The zero-order valence-electron chi connectivity index (χ0n) is 24.6. The lowest BCUT2D eigenvalue weighted by Crippen LogP contribution is -2.14. The van der Waals surface area contributed by atoms with Crippen LogP contribution in [0.25, 0.3) is 22.3 Å². The second-order valence-electron chi connectivity index (χ2n) is 10.1. The molecular weight excluding hydrogens is 568 g/mol. The van der Waals surface area contributed by atoms with E-state index in [0.29, 0.717) is 53.3 Å².